The average molecular weight is 284 g/mol. The number of para-hydroxylation sites is 1. The molecule has 0 saturated heterocycles. The van der Waals surface area contributed by atoms with Gasteiger partial charge in [-0.2, -0.15) is 10.4 Å². The van der Waals surface area contributed by atoms with E-state index < -0.39 is 4.92 Å². The Kier molecular flexibility index (Phi) is 3.80. The molecule has 2 aromatic rings. The van der Waals surface area contributed by atoms with Crippen LogP contribution in [0, 0.1) is 42.2 Å². The van der Waals surface area contributed by atoms with Crippen molar-refractivity contribution in [3.8, 4) is 17.7 Å². The Labute approximate surface area is 121 Å². The number of hydrogen-bond donors (Lipinski definition) is 0. The van der Waals surface area contributed by atoms with Crippen LogP contribution in [-0.4, -0.2) is 15.1 Å². The molecule has 0 aliphatic heterocycles. The zero-order valence-corrected chi connectivity index (χ0v) is 11.7. The summed E-state index contributed by atoms with van der Waals surface area (Å²) in [5.74, 6) is 0.00310. The predicted octanol–water partition coefficient (Wildman–Crippen LogP) is 2.97. The summed E-state index contributed by atoms with van der Waals surface area (Å²) in [6.07, 6.45) is 0. The smallest absolute Gasteiger partial charge is 0.314 e. The van der Waals surface area contributed by atoms with Crippen molar-refractivity contribution in [3.05, 3.63) is 50.7 Å². The molecule has 1 aromatic heterocycles. The van der Waals surface area contributed by atoms with Crippen LogP contribution in [0.15, 0.2) is 18.2 Å². The summed E-state index contributed by atoms with van der Waals surface area (Å²) < 4.78 is 5.47. The van der Waals surface area contributed by atoms with E-state index in [1.807, 2.05) is 6.07 Å². The highest BCUT2D eigenvalue weighted by atomic mass is 16.6. The first-order valence-corrected chi connectivity index (χ1v) is 6.11. The van der Waals surface area contributed by atoms with E-state index in [4.69, 9.17) is 4.74 Å². The molecule has 0 unspecified atom stereocenters. The molecule has 7 heteroatoms. The molecule has 0 aliphatic rings. The van der Waals surface area contributed by atoms with Gasteiger partial charge in [-0.3, -0.25) is 10.1 Å². The Bertz CT molecular complexity index is 766. The standard InChI is InChI=1S/C14H12N4O3/c1-8-5-4-6-12(13(8)18(19)20)21-14-11(7-15)9(2)10(3)16-17-14/h4-6H,1-3H3. The molecule has 0 N–H and O–H groups in total. The number of aromatic nitrogens is 2. The zero-order chi connectivity index (χ0) is 15.6. The van der Waals surface area contributed by atoms with Gasteiger partial charge in [0.1, 0.15) is 11.6 Å². The fourth-order valence-electron chi connectivity index (χ4n) is 1.84. The van der Waals surface area contributed by atoms with Crippen LogP contribution in [0.1, 0.15) is 22.4 Å². The van der Waals surface area contributed by atoms with Crippen LogP contribution in [0.5, 0.6) is 11.6 Å². The van der Waals surface area contributed by atoms with Crippen LogP contribution < -0.4 is 4.74 Å². The van der Waals surface area contributed by atoms with E-state index in [0.717, 1.165) is 0 Å². The normalized spacial score (nSPS) is 10.0. The summed E-state index contributed by atoms with van der Waals surface area (Å²) in [5.41, 5.74) is 1.78. The summed E-state index contributed by atoms with van der Waals surface area (Å²) in [6.45, 7) is 5.06. The maximum Gasteiger partial charge on any atom is 0.314 e. The highest BCUT2D eigenvalue weighted by Crippen LogP contribution is 2.34. The predicted molar refractivity (Wildman–Crippen MR) is 74.1 cm³/mol. The summed E-state index contributed by atoms with van der Waals surface area (Å²) in [5, 5.41) is 28.0. The molecule has 0 atom stereocenters. The van der Waals surface area contributed by atoms with Crippen LogP contribution in [-0.2, 0) is 0 Å². The molecule has 0 radical (unpaired) electrons. The van der Waals surface area contributed by atoms with Gasteiger partial charge in [0.25, 0.3) is 5.88 Å². The lowest BCUT2D eigenvalue weighted by Crippen LogP contribution is -2.02. The Morgan fingerprint density at radius 2 is 2.00 bits per heavy atom. The third-order valence-electron chi connectivity index (χ3n) is 3.12. The van der Waals surface area contributed by atoms with Gasteiger partial charge in [0.2, 0.25) is 5.75 Å². The Morgan fingerprint density at radius 3 is 2.62 bits per heavy atom. The highest BCUT2D eigenvalue weighted by Gasteiger charge is 2.21. The van der Waals surface area contributed by atoms with Crippen molar-refractivity contribution in [2.24, 2.45) is 0 Å². The molecule has 1 heterocycles. The minimum atomic E-state index is -0.523. The minimum absolute atomic E-state index is 0.0331. The second-order valence-corrected chi connectivity index (χ2v) is 4.48. The molecule has 0 aliphatic carbocycles. The van der Waals surface area contributed by atoms with Crippen molar-refractivity contribution >= 4 is 5.69 Å². The van der Waals surface area contributed by atoms with Gasteiger partial charge >= 0.3 is 5.69 Å². The van der Waals surface area contributed by atoms with Gasteiger partial charge in [-0.15, -0.1) is 5.10 Å². The Balaban J connectivity index is 2.55. The molecule has 7 nitrogen and oxygen atoms in total. The number of nitriles is 1. The van der Waals surface area contributed by atoms with E-state index in [0.29, 0.717) is 16.8 Å². The number of benzene rings is 1. The molecule has 106 valence electrons. The SMILES string of the molecule is Cc1cccc(Oc2nnc(C)c(C)c2C#N)c1[N+](=O)[O-]. The first kappa shape index (κ1) is 14.4. The first-order valence-electron chi connectivity index (χ1n) is 6.11. The van der Waals surface area contributed by atoms with E-state index in [9.17, 15) is 15.4 Å². The second-order valence-electron chi connectivity index (χ2n) is 4.48. The van der Waals surface area contributed by atoms with Crippen molar-refractivity contribution in [3.63, 3.8) is 0 Å². The van der Waals surface area contributed by atoms with Crippen LogP contribution in [0.3, 0.4) is 0 Å². The van der Waals surface area contributed by atoms with E-state index in [2.05, 4.69) is 10.2 Å². The molecule has 0 fully saturated rings. The number of nitro groups is 1. The number of nitro benzene ring substituents is 1. The van der Waals surface area contributed by atoms with Gasteiger partial charge in [0.15, 0.2) is 0 Å². The fraction of sp³-hybridized carbons (Fsp3) is 0.214. The van der Waals surface area contributed by atoms with Gasteiger partial charge in [-0.1, -0.05) is 12.1 Å². The monoisotopic (exact) mass is 284 g/mol. The molecule has 0 amide bonds. The van der Waals surface area contributed by atoms with E-state index >= 15 is 0 Å². The molecule has 1 aromatic carbocycles. The van der Waals surface area contributed by atoms with E-state index in [-0.39, 0.29) is 22.9 Å². The third-order valence-corrected chi connectivity index (χ3v) is 3.12. The lowest BCUT2D eigenvalue weighted by atomic mass is 10.1. The van der Waals surface area contributed by atoms with Gasteiger partial charge in [0, 0.05) is 5.56 Å². The van der Waals surface area contributed by atoms with Crippen molar-refractivity contribution in [2.75, 3.05) is 0 Å². The minimum Gasteiger partial charge on any atom is -0.429 e. The quantitative estimate of drug-likeness (QED) is 0.634. The van der Waals surface area contributed by atoms with Crippen molar-refractivity contribution in [2.45, 2.75) is 20.8 Å². The van der Waals surface area contributed by atoms with Crippen LogP contribution in [0.25, 0.3) is 0 Å². The summed E-state index contributed by atoms with van der Waals surface area (Å²) in [4.78, 5) is 10.6. The third kappa shape index (κ3) is 2.65. The molecule has 21 heavy (non-hydrogen) atoms. The number of nitrogens with zero attached hydrogens (tertiary/aromatic N) is 4. The number of hydrogen-bond acceptors (Lipinski definition) is 6. The molecule has 0 bridgehead atoms. The lowest BCUT2D eigenvalue weighted by Gasteiger charge is -2.09. The van der Waals surface area contributed by atoms with Crippen molar-refractivity contribution in [1.82, 2.24) is 10.2 Å². The maximum absolute atomic E-state index is 11.1. The van der Waals surface area contributed by atoms with Gasteiger partial charge < -0.3 is 4.74 Å². The second kappa shape index (κ2) is 5.54. The van der Waals surface area contributed by atoms with Crippen LogP contribution in [0.2, 0.25) is 0 Å². The number of aryl methyl sites for hydroxylation is 2. The lowest BCUT2D eigenvalue weighted by molar-refractivity contribution is -0.386. The zero-order valence-electron chi connectivity index (χ0n) is 11.7. The highest BCUT2D eigenvalue weighted by molar-refractivity contribution is 5.55. The molecular weight excluding hydrogens is 272 g/mol. The summed E-state index contributed by atoms with van der Waals surface area (Å²) in [6, 6.07) is 6.70. The molecule has 0 saturated carbocycles. The Morgan fingerprint density at radius 1 is 1.29 bits per heavy atom. The largest absolute Gasteiger partial charge is 0.429 e. The number of ether oxygens (including phenoxy) is 1. The van der Waals surface area contributed by atoms with Gasteiger partial charge in [0.05, 0.1) is 10.6 Å². The topological polar surface area (TPSA) is 102 Å². The Hall–Kier alpha value is -3.01. The molecule has 2 rings (SSSR count). The summed E-state index contributed by atoms with van der Waals surface area (Å²) in [7, 11) is 0. The van der Waals surface area contributed by atoms with Crippen molar-refractivity contribution < 1.29 is 9.66 Å². The molecular formula is C14H12N4O3. The van der Waals surface area contributed by atoms with Gasteiger partial charge in [-0.05, 0) is 32.4 Å². The van der Waals surface area contributed by atoms with Crippen molar-refractivity contribution in [1.29, 1.82) is 5.26 Å². The number of rotatable bonds is 3. The van der Waals surface area contributed by atoms with Crippen LogP contribution >= 0.6 is 0 Å². The fourth-order valence-corrected chi connectivity index (χ4v) is 1.84. The van der Waals surface area contributed by atoms with E-state index in [1.165, 1.54) is 6.07 Å². The van der Waals surface area contributed by atoms with Crippen LogP contribution in [0.4, 0.5) is 5.69 Å². The summed E-state index contributed by atoms with van der Waals surface area (Å²) >= 11 is 0. The van der Waals surface area contributed by atoms with E-state index in [1.54, 1.807) is 32.9 Å². The molecule has 0 spiro atoms. The maximum atomic E-state index is 11.1. The first-order chi connectivity index (χ1) is 9.95. The van der Waals surface area contributed by atoms with Gasteiger partial charge in [-0.25, -0.2) is 0 Å². The average Bonchev–Trinajstić information content (AvgIpc) is 2.43.